The number of carbonyl (C=O) groups is 2. The Hall–Kier alpha value is -3.32. The van der Waals surface area contributed by atoms with E-state index >= 15 is 0 Å². The third-order valence-corrected chi connectivity index (χ3v) is 5.77. The fourth-order valence-corrected chi connectivity index (χ4v) is 4.02. The summed E-state index contributed by atoms with van der Waals surface area (Å²) in [5.41, 5.74) is 2.97. The molecule has 6 nitrogen and oxygen atoms in total. The maximum absolute atomic E-state index is 12.6. The number of hydrogen-bond donors (Lipinski definition) is 1. The maximum Gasteiger partial charge on any atom is 0.265 e. The van der Waals surface area contributed by atoms with Gasteiger partial charge in [0.15, 0.2) is 6.61 Å². The van der Waals surface area contributed by atoms with Gasteiger partial charge in [-0.1, -0.05) is 34.1 Å². The number of ether oxygens (including phenoxy) is 2. The zero-order valence-electron chi connectivity index (χ0n) is 18.3. The second kappa shape index (κ2) is 10.5. The minimum Gasteiger partial charge on any atom is -0.494 e. The summed E-state index contributed by atoms with van der Waals surface area (Å²) in [5.74, 6) is 1.16. The number of benzene rings is 3. The van der Waals surface area contributed by atoms with Gasteiger partial charge < -0.3 is 19.7 Å². The highest BCUT2D eigenvalue weighted by molar-refractivity contribution is 9.10. The van der Waals surface area contributed by atoms with Crippen LogP contribution in [0.5, 0.6) is 11.5 Å². The number of rotatable bonds is 8. The third kappa shape index (κ3) is 5.93. The first-order valence-corrected chi connectivity index (χ1v) is 11.6. The molecule has 3 aromatic rings. The number of nitrogens with one attached hydrogen (secondary N) is 1. The molecule has 0 spiro atoms. The molecule has 0 saturated carbocycles. The number of carbonyl (C=O) groups excluding carboxylic acids is 2. The van der Waals surface area contributed by atoms with Gasteiger partial charge in [0.25, 0.3) is 11.8 Å². The molecule has 4 rings (SSSR count). The van der Waals surface area contributed by atoms with Crippen molar-refractivity contribution < 1.29 is 19.1 Å². The van der Waals surface area contributed by atoms with Crippen molar-refractivity contribution in [3.8, 4) is 11.5 Å². The molecule has 1 heterocycles. The summed E-state index contributed by atoms with van der Waals surface area (Å²) < 4.78 is 12.2. The number of halogens is 1. The largest absolute Gasteiger partial charge is 0.494 e. The average Bonchev–Trinajstić information content (AvgIpc) is 2.80. The molecule has 0 saturated heterocycles. The Morgan fingerprint density at radius 2 is 1.94 bits per heavy atom. The van der Waals surface area contributed by atoms with Crippen molar-refractivity contribution in [2.45, 2.75) is 19.8 Å². The predicted octanol–water partition coefficient (Wildman–Crippen LogP) is 5.59. The van der Waals surface area contributed by atoms with E-state index < -0.39 is 0 Å². The molecule has 0 aliphatic carbocycles. The molecular formula is C26H25BrN2O4. The van der Waals surface area contributed by atoms with Crippen LogP contribution in [0.15, 0.2) is 71.2 Å². The molecule has 3 aromatic carbocycles. The van der Waals surface area contributed by atoms with Gasteiger partial charge in [0.2, 0.25) is 0 Å². The van der Waals surface area contributed by atoms with Crippen LogP contribution in [0.1, 0.15) is 28.8 Å². The van der Waals surface area contributed by atoms with Gasteiger partial charge in [-0.2, -0.15) is 0 Å². The van der Waals surface area contributed by atoms with Gasteiger partial charge in [-0.05, 0) is 73.9 Å². The van der Waals surface area contributed by atoms with Crippen LogP contribution in [0.2, 0.25) is 0 Å². The van der Waals surface area contributed by atoms with Gasteiger partial charge in [0.05, 0.1) is 12.3 Å². The minimum absolute atomic E-state index is 0.0105. The van der Waals surface area contributed by atoms with Crippen molar-refractivity contribution in [1.29, 1.82) is 0 Å². The lowest BCUT2D eigenvalue weighted by atomic mass is 10.1. The van der Waals surface area contributed by atoms with Gasteiger partial charge in [-0.25, -0.2) is 0 Å². The van der Waals surface area contributed by atoms with Crippen LogP contribution < -0.4 is 19.7 Å². The van der Waals surface area contributed by atoms with Gasteiger partial charge in [0, 0.05) is 22.3 Å². The smallest absolute Gasteiger partial charge is 0.265 e. The standard InChI is InChI=1S/C26H25BrN2O4/c1-18-6-4-9-22(14-18)32-13-3-2-12-29-23-16-21(10-11-24(23)33-17-25(29)30)28-26(31)19-7-5-8-20(27)15-19/h4-11,14-16H,2-3,12-13,17H2,1H3,(H,28,31). The highest BCUT2D eigenvalue weighted by atomic mass is 79.9. The Labute approximate surface area is 201 Å². The van der Waals surface area contributed by atoms with Crippen molar-refractivity contribution in [2.24, 2.45) is 0 Å². The molecule has 1 aliphatic heterocycles. The van der Waals surface area contributed by atoms with Gasteiger partial charge in [0.1, 0.15) is 11.5 Å². The highest BCUT2D eigenvalue weighted by Crippen LogP contribution is 2.35. The third-order valence-electron chi connectivity index (χ3n) is 5.28. The van der Waals surface area contributed by atoms with E-state index in [9.17, 15) is 9.59 Å². The van der Waals surface area contributed by atoms with E-state index in [1.807, 2.05) is 43.3 Å². The van der Waals surface area contributed by atoms with Crippen molar-refractivity contribution in [2.75, 3.05) is 30.0 Å². The van der Waals surface area contributed by atoms with E-state index in [4.69, 9.17) is 9.47 Å². The zero-order chi connectivity index (χ0) is 23.2. The molecule has 0 fully saturated rings. The Morgan fingerprint density at radius 1 is 1.09 bits per heavy atom. The minimum atomic E-state index is -0.223. The van der Waals surface area contributed by atoms with E-state index in [2.05, 4.69) is 21.2 Å². The summed E-state index contributed by atoms with van der Waals surface area (Å²) in [4.78, 5) is 26.9. The summed E-state index contributed by atoms with van der Waals surface area (Å²) >= 11 is 3.38. The lowest BCUT2D eigenvalue weighted by molar-refractivity contribution is -0.121. The molecule has 7 heteroatoms. The molecule has 0 aromatic heterocycles. The topological polar surface area (TPSA) is 67.9 Å². The SMILES string of the molecule is Cc1cccc(OCCCCN2C(=O)COc3ccc(NC(=O)c4cccc(Br)c4)cc32)c1. The molecule has 170 valence electrons. The Balaban J connectivity index is 1.37. The van der Waals surface area contributed by atoms with E-state index in [-0.39, 0.29) is 18.4 Å². The van der Waals surface area contributed by atoms with Crippen molar-refractivity contribution >= 4 is 39.1 Å². The summed E-state index contributed by atoms with van der Waals surface area (Å²) in [5, 5.41) is 2.90. The summed E-state index contributed by atoms with van der Waals surface area (Å²) in [6.45, 7) is 3.17. The van der Waals surface area contributed by atoms with Gasteiger partial charge in [-0.3, -0.25) is 9.59 Å². The number of fused-ring (bicyclic) bond motifs is 1. The van der Waals surface area contributed by atoms with Crippen LogP contribution in [0.4, 0.5) is 11.4 Å². The second-order valence-corrected chi connectivity index (χ2v) is 8.77. The van der Waals surface area contributed by atoms with Gasteiger partial charge >= 0.3 is 0 Å². The number of anilines is 2. The normalized spacial score (nSPS) is 12.7. The lowest BCUT2D eigenvalue weighted by Crippen LogP contribution is -2.39. The molecular weight excluding hydrogens is 484 g/mol. The molecule has 33 heavy (non-hydrogen) atoms. The van der Waals surface area contributed by atoms with Crippen molar-refractivity contribution in [3.05, 3.63) is 82.3 Å². The first-order chi connectivity index (χ1) is 16.0. The number of nitrogens with zero attached hydrogens (tertiary/aromatic N) is 1. The number of unbranched alkanes of at least 4 members (excludes halogenated alkanes) is 1. The van der Waals surface area contributed by atoms with E-state index in [1.165, 1.54) is 0 Å². The summed E-state index contributed by atoms with van der Waals surface area (Å²) in [6.07, 6.45) is 1.60. The number of amides is 2. The lowest BCUT2D eigenvalue weighted by Gasteiger charge is -2.30. The number of hydrogen-bond acceptors (Lipinski definition) is 4. The van der Waals surface area contributed by atoms with Crippen LogP contribution in [0.25, 0.3) is 0 Å². The summed E-state index contributed by atoms with van der Waals surface area (Å²) in [7, 11) is 0. The molecule has 1 N–H and O–H groups in total. The van der Waals surface area contributed by atoms with Crippen LogP contribution >= 0.6 is 15.9 Å². The highest BCUT2D eigenvalue weighted by Gasteiger charge is 2.25. The maximum atomic E-state index is 12.6. The molecule has 0 unspecified atom stereocenters. The van der Waals surface area contributed by atoms with Crippen molar-refractivity contribution in [3.63, 3.8) is 0 Å². The first-order valence-electron chi connectivity index (χ1n) is 10.8. The van der Waals surface area contributed by atoms with E-state index in [0.29, 0.717) is 35.8 Å². The predicted molar refractivity (Wildman–Crippen MR) is 132 cm³/mol. The Kier molecular flexibility index (Phi) is 7.29. The molecule has 1 aliphatic rings. The zero-order valence-corrected chi connectivity index (χ0v) is 19.9. The monoisotopic (exact) mass is 508 g/mol. The molecule has 0 radical (unpaired) electrons. The number of aryl methyl sites for hydroxylation is 1. The molecule has 2 amide bonds. The molecule has 0 bridgehead atoms. The van der Waals surface area contributed by atoms with Crippen LogP contribution in [-0.2, 0) is 4.79 Å². The van der Waals surface area contributed by atoms with Gasteiger partial charge in [-0.15, -0.1) is 0 Å². The average molecular weight is 509 g/mol. The first kappa shape index (κ1) is 22.9. The van der Waals surface area contributed by atoms with E-state index in [0.717, 1.165) is 28.6 Å². The second-order valence-electron chi connectivity index (χ2n) is 7.85. The van der Waals surface area contributed by atoms with Crippen molar-refractivity contribution in [1.82, 2.24) is 0 Å². The quantitative estimate of drug-likeness (QED) is 0.402. The van der Waals surface area contributed by atoms with Crippen LogP contribution in [-0.4, -0.2) is 31.6 Å². The van der Waals surface area contributed by atoms with Crippen LogP contribution in [0, 0.1) is 6.92 Å². The Morgan fingerprint density at radius 3 is 2.76 bits per heavy atom. The fraction of sp³-hybridized carbons (Fsp3) is 0.231. The fourth-order valence-electron chi connectivity index (χ4n) is 3.63. The Bertz CT molecular complexity index is 1160. The molecule has 0 atom stereocenters. The van der Waals surface area contributed by atoms with E-state index in [1.54, 1.807) is 35.2 Å². The van der Waals surface area contributed by atoms with Crippen LogP contribution in [0.3, 0.4) is 0 Å². The summed E-state index contributed by atoms with van der Waals surface area (Å²) in [6, 6.07) is 20.5.